The molecule has 3 aromatic rings. The molecule has 0 fully saturated rings. The first-order chi connectivity index (χ1) is 15.0. The van der Waals surface area contributed by atoms with Gasteiger partial charge in [0.25, 0.3) is 5.91 Å². The Balaban J connectivity index is 1.93. The Morgan fingerprint density at radius 3 is 2.58 bits per heavy atom. The fourth-order valence-electron chi connectivity index (χ4n) is 3.27. The molecule has 0 aliphatic rings. The molecule has 0 unspecified atom stereocenters. The van der Waals surface area contributed by atoms with Gasteiger partial charge in [-0.25, -0.2) is 4.39 Å². The maximum absolute atomic E-state index is 14.2. The van der Waals surface area contributed by atoms with E-state index >= 15 is 0 Å². The number of hydrogen-bond donors (Lipinski definition) is 0. The standard InChI is InChI=1S/C24H26FN3O2S/c1-5-7-12-28(23(29)19-10-8-9-11-20(19)25)24-27-26-22(31-24)18-14-16(3)21(17(4)15-18)30-13-6-2/h6,8-11,14-15H,2,5,7,12-13H2,1,3-4H3. The van der Waals surface area contributed by atoms with Crippen molar-refractivity contribution in [1.29, 1.82) is 0 Å². The third-order valence-electron chi connectivity index (χ3n) is 4.78. The molecule has 0 saturated heterocycles. The number of aromatic nitrogens is 2. The number of aryl methyl sites for hydroxylation is 2. The van der Waals surface area contributed by atoms with E-state index in [1.807, 2.05) is 32.9 Å². The van der Waals surface area contributed by atoms with Gasteiger partial charge < -0.3 is 4.74 Å². The van der Waals surface area contributed by atoms with Crippen LogP contribution in [0.15, 0.2) is 49.1 Å². The van der Waals surface area contributed by atoms with Crippen molar-refractivity contribution >= 4 is 22.4 Å². The highest BCUT2D eigenvalue weighted by molar-refractivity contribution is 7.18. The SMILES string of the molecule is C=CCOc1c(C)cc(-c2nnc(N(CCCC)C(=O)c3ccccc3F)s2)cc1C. The maximum atomic E-state index is 14.2. The summed E-state index contributed by atoms with van der Waals surface area (Å²) < 4.78 is 20.0. The molecule has 0 radical (unpaired) electrons. The third-order valence-corrected chi connectivity index (χ3v) is 5.78. The molecule has 7 heteroatoms. The summed E-state index contributed by atoms with van der Waals surface area (Å²) in [6, 6.07) is 9.99. The van der Waals surface area contributed by atoms with E-state index in [9.17, 15) is 9.18 Å². The van der Waals surface area contributed by atoms with Gasteiger partial charge in [0.2, 0.25) is 5.13 Å². The molecule has 0 saturated carbocycles. The minimum Gasteiger partial charge on any atom is -0.489 e. The second-order valence-corrected chi connectivity index (χ2v) is 8.17. The lowest BCUT2D eigenvalue weighted by Crippen LogP contribution is -2.32. The number of unbranched alkanes of at least 4 members (excludes halogenated alkanes) is 1. The minimum atomic E-state index is -0.542. The lowest BCUT2D eigenvalue weighted by Gasteiger charge is -2.19. The molecule has 0 aliphatic carbocycles. The van der Waals surface area contributed by atoms with Gasteiger partial charge in [0.15, 0.2) is 0 Å². The third kappa shape index (κ3) is 5.17. The number of carbonyl (C=O) groups is 1. The lowest BCUT2D eigenvalue weighted by molar-refractivity contribution is 0.0982. The first kappa shape index (κ1) is 22.6. The number of rotatable bonds is 9. The van der Waals surface area contributed by atoms with Crippen molar-refractivity contribution in [3.05, 3.63) is 71.6 Å². The number of hydrogen-bond acceptors (Lipinski definition) is 5. The summed E-state index contributed by atoms with van der Waals surface area (Å²) >= 11 is 1.32. The fourth-order valence-corrected chi connectivity index (χ4v) is 4.12. The largest absolute Gasteiger partial charge is 0.489 e. The van der Waals surface area contributed by atoms with Crippen molar-refractivity contribution in [3.8, 4) is 16.3 Å². The number of benzene rings is 2. The average molecular weight is 440 g/mol. The zero-order valence-corrected chi connectivity index (χ0v) is 18.8. The summed E-state index contributed by atoms with van der Waals surface area (Å²) in [6.07, 6.45) is 3.39. The van der Waals surface area contributed by atoms with Crippen molar-refractivity contribution in [1.82, 2.24) is 10.2 Å². The fraction of sp³-hybridized carbons (Fsp3) is 0.292. The minimum absolute atomic E-state index is 0.0331. The van der Waals surface area contributed by atoms with Gasteiger partial charge in [-0.15, -0.1) is 10.2 Å². The molecular weight excluding hydrogens is 413 g/mol. The number of halogens is 1. The Bertz CT molecular complexity index is 1060. The van der Waals surface area contributed by atoms with Gasteiger partial charge in [-0.3, -0.25) is 9.69 Å². The normalized spacial score (nSPS) is 10.7. The molecule has 1 amide bonds. The summed E-state index contributed by atoms with van der Waals surface area (Å²) in [5, 5.41) is 9.72. The van der Waals surface area contributed by atoms with Gasteiger partial charge in [0.05, 0.1) is 5.56 Å². The van der Waals surface area contributed by atoms with E-state index in [-0.39, 0.29) is 5.56 Å². The van der Waals surface area contributed by atoms with Crippen LogP contribution < -0.4 is 9.64 Å². The Morgan fingerprint density at radius 2 is 1.94 bits per heavy atom. The van der Waals surface area contributed by atoms with Crippen LogP contribution in [0.2, 0.25) is 0 Å². The van der Waals surface area contributed by atoms with E-state index in [4.69, 9.17) is 4.74 Å². The van der Waals surface area contributed by atoms with Gasteiger partial charge in [0, 0.05) is 12.1 Å². The van der Waals surface area contributed by atoms with Gasteiger partial charge in [-0.1, -0.05) is 49.5 Å². The monoisotopic (exact) mass is 439 g/mol. The summed E-state index contributed by atoms with van der Waals surface area (Å²) in [5.74, 6) is -0.123. The van der Waals surface area contributed by atoms with E-state index in [0.717, 1.165) is 35.3 Å². The summed E-state index contributed by atoms with van der Waals surface area (Å²) in [6.45, 7) is 10.6. The van der Waals surface area contributed by atoms with Crippen LogP contribution in [0.3, 0.4) is 0 Å². The molecule has 5 nitrogen and oxygen atoms in total. The number of carbonyl (C=O) groups excluding carboxylic acids is 1. The summed E-state index contributed by atoms with van der Waals surface area (Å²) in [4.78, 5) is 14.6. The average Bonchev–Trinajstić information content (AvgIpc) is 3.23. The molecule has 0 atom stereocenters. The molecule has 2 aromatic carbocycles. The molecule has 0 N–H and O–H groups in total. The van der Waals surface area contributed by atoms with E-state index < -0.39 is 11.7 Å². The van der Waals surface area contributed by atoms with Crippen LogP contribution in [0.4, 0.5) is 9.52 Å². The number of anilines is 1. The van der Waals surface area contributed by atoms with E-state index in [1.54, 1.807) is 18.2 Å². The van der Waals surface area contributed by atoms with Crippen LogP contribution in [0.5, 0.6) is 5.75 Å². The second kappa shape index (κ2) is 10.3. The van der Waals surface area contributed by atoms with Crippen molar-refractivity contribution in [3.63, 3.8) is 0 Å². The maximum Gasteiger partial charge on any atom is 0.263 e. The van der Waals surface area contributed by atoms with Gasteiger partial charge >= 0.3 is 0 Å². The summed E-state index contributed by atoms with van der Waals surface area (Å²) in [7, 11) is 0. The van der Waals surface area contributed by atoms with Crippen molar-refractivity contribution < 1.29 is 13.9 Å². The second-order valence-electron chi connectivity index (χ2n) is 7.22. The Kier molecular flexibility index (Phi) is 7.52. The van der Waals surface area contributed by atoms with Gasteiger partial charge in [-0.2, -0.15) is 0 Å². The number of ether oxygens (including phenoxy) is 1. The smallest absolute Gasteiger partial charge is 0.263 e. The predicted octanol–water partition coefficient (Wildman–Crippen LogP) is 5.97. The molecule has 162 valence electrons. The Morgan fingerprint density at radius 1 is 1.23 bits per heavy atom. The van der Waals surface area contributed by atoms with E-state index in [0.29, 0.717) is 23.3 Å². The highest BCUT2D eigenvalue weighted by Gasteiger charge is 2.24. The molecule has 0 aliphatic heterocycles. The van der Waals surface area contributed by atoms with E-state index in [1.165, 1.54) is 28.4 Å². The summed E-state index contributed by atoms with van der Waals surface area (Å²) in [5.41, 5.74) is 2.90. The molecule has 0 spiro atoms. The number of nitrogens with zero attached hydrogens (tertiary/aromatic N) is 3. The molecule has 3 rings (SSSR count). The first-order valence-electron chi connectivity index (χ1n) is 10.2. The first-order valence-corrected chi connectivity index (χ1v) is 11.0. The Labute approximate surface area is 186 Å². The van der Waals surface area contributed by atoms with Crippen molar-refractivity contribution in [2.24, 2.45) is 0 Å². The van der Waals surface area contributed by atoms with Crippen molar-refractivity contribution in [2.75, 3.05) is 18.1 Å². The van der Waals surface area contributed by atoms with Crippen LogP contribution in [-0.4, -0.2) is 29.3 Å². The topological polar surface area (TPSA) is 55.3 Å². The molecule has 0 bridgehead atoms. The number of amides is 1. The van der Waals surface area contributed by atoms with Crippen LogP contribution in [-0.2, 0) is 0 Å². The van der Waals surface area contributed by atoms with Crippen molar-refractivity contribution in [2.45, 2.75) is 33.6 Å². The molecule has 31 heavy (non-hydrogen) atoms. The molecule has 1 aromatic heterocycles. The van der Waals surface area contributed by atoms with Crippen LogP contribution in [0, 0.1) is 19.7 Å². The Hall–Kier alpha value is -3.06. The zero-order chi connectivity index (χ0) is 22.4. The predicted molar refractivity (Wildman–Crippen MR) is 123 cm³/mol. The molecular formula is C24H26FN3O2S. The van der Waals surface area contributed by atoms with Crippen LogP contribution in [0.25, 0.3) is 10.6 Å². The highest BCUT2D eigenvalue weighted by atomic mass is 32.1. The highest BCUT2D eigenvalue weighted by Crippen LogP contribution is 2.34. The quantitative estimate of drug-likeness (QED) is 0.385. The zero-order valence-electron chi connectivity index (χ0n) is 18.0. The van der Waals surface area contributed by atoms with Crippen LogP contribution in [0.1, 0.15) is 41.3 Å². The van der Waals surface area contributed by atoms with Gasteiger partial charge in [-0.05, 0) is 55.7 Å². The van der Waals surface area contributed by atoms with Crippen LogP contribution >= 0.6 is 11.3 Å². The lowest BCUT2D eigenvalue weighted by atomic mass is 10.1. The molecule has 1 heterocycles. The van der Waals surface area contributed by atoms with E-state index in [2.05, 4.69) is 16.8 Å². The van der Waals surface area contributed by atoms with Gasteiger partial charge in [0.1, 0.15) is 23.2 Å².